The molecule has 0 fully saturated rings. The number of hydrogen-bond donors (Lipinski definition) is 1. The van der Waals surface area contributed by atoms with E-state index >= 15 is 0 Å². The molecule has 0 heterocycles. The third-order valence-corrected chi connectivity index (χ3v) is 1.45. The van der Waals surface area contributed by atoms with Gasteiger partial charge in [-0.1, -0.05) is 26.2 Å². The van der Waals surface area contributed by atoms with Crippen molar-refractivity contribution < 1.29 is 4.79 Å². The van der Waals surface area contributed by atoms with Crippen molar-refractivity contribution in [2.75, 3.05) is 0 Å². The molecule has 62 valence electrons. The Kier molecular flexibility index (Phi) is 6.54. The van der Waals surface area contributed by atoms with Crippen LogP contribution in [-0.2, 0) is 4.79 Å². The first-order chi connectivity index (χ1) is 5.31. The Morgan fingerprint density at radius 3 is 2.73 bits per heavy atom. The van der Waals surface area contributed by atoms with Gasteiger partial charge in [0.25, 0.3) is 0 Å². The van der Waals surface area contributed by atoms with Gasteiger partial charge < -0.3 is 0 Å². The van der Waals surface area contributed by atoms with Crippen LogP contribution in [0.25, 0.3) is 0 Å². The SMILES string of the molecule is CCCCCCC(=N)N=C=O. The first-order valence-electron chi connectivity index (χ1n) is 3.96. The standard InChI is InChI=1S/C8H14N2O/c1-2-3-4-5-6-8(9)10-7-11/h9H,2-6H2,1H3. The van der Waals surface area contributed by atoms with Gasteiger partial charge in [-0.3, -0.25) is 5.41 Å². The molecule has 0 spiro atoms. The highest BCUT2D eigenvalue weighted by molar-refractivity contribution is 5.83. The quantitative estimate of drug-likeness (QED) is 0.281. The maximum Gasteiger partial charge on any atom is 0.241 e. The summed E-state index contributed by atoms with van der Waals surface area (Å²) in [5.74, 6) is 0.149. The summed E-state index contributed by atoms with van der Waals surface area (Å²) in [5, 5.41) is 7.09. The van der Waals surface area contributed by atoms with Gasteiger partial charge in [-0.05, 0) is 6.42 Å². The van der Waals surface area contributed by atoms with Crippen molar-refractivity contribution in [3.8, 4) is 0 Å². The first-order valence-corrected chi connectivity index (χ1v) is 3.96. The van der Waals surface area contributed by atoms with Crippen LogP contribution in [0.3, 0.4) is 0 Å². The molecule has 0 aliphatic heterocycles. The molecule has 0 radical (unpaired) electrons. The summed E-state index contributed by atoms with van der Waals surface area (Å²) >= 11 is 0. The van der Waals surface area contributed by atoms with E-state index in [1.54, 1.807) is 0 Å². The van der Waals surface area contributed by atoms with Crippen molar-refractivity contribution in [2.45, 2.75) is 39.0 Å². The van der Waals surface area contributed by atoms with E-state index < -0.39 is 0 Å². The van der Waals surface area contributed by atoms with Crippen LogP contribution in [-0.4, -0.2) is 11.9 Å². The summed E-state index contributed by atoms with van der Waals surface area (Å²) in [6.45, 7) is 2.13. The highest BCUT2D eigenvalue weighted by Gasteiger charge is 1.92. The summed E-state index contributed by atoms with van der Waals surface area (Å²) in [6.07, 6.45) is 6.42. The molecule has 0 aromatic heterocycles. The fraction of sp³-hybridized carbons (Fsp3) is 0.750. The predicted molar refractivity (Wildman–Crippen MR) is 44.6 cm³/mol. The number of rotatable bonds is 5. The topological polar surface area (TPSA) is 53.3 Å². The molecule has 3 heteroatoms. The summed E-state index contributed by atoms with van der Waals surface area (Å²) < 4.78 is 0. The lowest BCUT2D eigenvalue weighted by atomic mass is 10.1. The van der Waals surface area contributed by atoms with Crippen LogP contribution in [0.15, 0.2) is 4.99 Å². The van der Waals surface area contributed by atoms with E-state index in [2.05, 4.69) is 11.9 Å². The summed E-state index contributed by atoms with van der Waals surface area (Å²) in [6, 6.07) is 0. The number of isocyanates is 1. The second-order valence-corrected chi connectivity index (χ2v) is 2.46. The van der Waals surface area contributed by atoms with Crippen molar-refractivity contribution >= 4 is 11.9 Å². The molecule has 0 aromatic carbocycles. The lowest BCUT2D eigenvalue weighted by Crippen LogP contribution is -1.90. The van der Waals surface area contributed by atoms with Gasteiger partial charge in [0.2, 0.25) is 6.08 Å². The van der Waals surface area contributed by atoms with Crippen molar-refractivity contribution in [2.24, 2.45) is 4.99 Å². The zero-order chi connectivity index (χ0) is 8.53. The van der Waals surface area contributed by atoms with Crippen molar-refractivity contribution in [3.05, 3.63) is 0 Å². The lowest BCUT2D eigenvalue weighted by Gasteiger charge is -1.95. The summed E-state index contributed by atoms with van der Waals surface area (Å²) in [4.78, 5) is 12.9. The third kappa shape index (κ3) is 6.94. The molecule has 0 aliphatic carbocycles. The number of nitrogens with zero attached hydrogens (tertiary/aromatic N) is 1. The van der Waals surface area contributed by atoms with Crippen molar-refractivity contribution in [1.82, 2.24) is 0 Å². The van der Waals surface area contributed by atoms with E-state index in [1.807, 2.05) is 0 Å². The molecule has 11 heavy (non-hydrogen) atoms. The van der Waals surface area contributed by atoms with Crippen LogP contribution in [0, 0.1) is 5.41 Å². The Labute approximate surface area is 67.0 Å². The largest absolute Gasteiger partial charge is 0.286 e. The number of amidine groups is 1. The number of nitrogens with one attached hydrogen (secondary N) is 1. The monoisotopic (exact) mass is 154 g/mol. The van der Waals surface area contributed by atoms with Gasteiger partial charge in [0.05, 0.1) is 0 Å². The van der Waals surface area contributed by atoms with Crippen LogP contribution in [0.4, 0.5) is 0 Å². The van der Waals surface area contributed by atoms with Gasteiger partial charge in [0.1, 0.15) is 5.84 Å². The molecule has 0 aliphatic rings. The van der Waals surface area contributed by atoms with E-state index in [-0.39, 0.29) is 5.84 Å². The Morgan fingerprint density at radius 2 is 2.18 bits per heavy atom. The van der Waals surface area contributed by atoms with E-state index in [1.165, 1.54) is 18.9 Å². The zero-order valence-electron chi connectivity index (χ0n) is 6.89. The highest BCUT2D eigenvalue weighted by Crippen LogP contribution is 2.02. The molecule has 0 bridgehead atoms. The minimum atomic E-state index is 0.149. The maximum atomic E-state index is 9.67. The van der Waals surface area contributed by atoms with E-state index in [0.717, 1.165) is 12.8 Å². The molecule has 0 amide bonds. The molecule has 0 aromatic rings. The van der Waals surface area contributed by atoms with Gasteiger partial charge in [0, 0.05) is 6.42 Å². The highest BCUT2D eigenvalue weighted by atomic mass is 16.1. The van der Waals surface area contributed by atoms with Gasteiger partial charge in [0.15, 0.2) is 0 Å². The van der Waals surface area contributed by atoms with Gasteiger partial charge in [-0.25, -0.2) is 4.79 Å². The van der Waals surface area contributed by atoms with E-state index in [0.29, 0.717) is 6.42 Å². The van der Waals surface area contributed by atoms with Crippen LogP contribution in [0.5, 0.6) is 0 Å². The number of aliphatic imine (C=N–C) groups is 1. The first kappa shape index (κ1) is 10.0. The second kappa shape index (κ2) is 7.16. The van der Waals surface area contributed by atoms with E-state index in [4.69, 9.17) is 5.41 Å². The predicted octanol–water partition coefficient (Wildman–Crippen LogP) is 2.27. The third-order valence-electron chi connectivity index (χ3n) is 1.45. The zero-order valence-corrected chi connectivity index (χ0v) is 6.89. The molecule has 0 rings (SSSR count). The molecule has 1 N–H and O–H groups in total. The Hall–Kier alpha value is -0.950. The minimum Gasteiger partial charge on any atom is -0.286 e. The maximum absolute atomic E-state index is 9.67. The molecular weight excluding hydrogens is 140 g/mol. The average Bonchev–Trinajstić information content (AvgIpc) is 1.99. The fourth-order valence-electron chi connectivity index (χ4n) is 0.830. The van der Waals surface area contributed by atoms with Gasteiger partial charge >= 0.3 is 0 Å². The number of unbranched alkanes of at least 4 members (excludes halogenated alkanes) is 3. The van der Waals surface area contributed by atoms with Crippen LogP contribution < -0.4 is 0 Å². The molecule has 0 atom stereocenters. The fourth-order valence-corrected chi connectivity index (χ4v) is 0.830. The van der Waals surface area contributed by atoms with Crippen molar-refractivity contribution in [3.63, 3.8) is 0 Å². The smallest absolute Gasteiger partial charge is 0.241 e. The molecule has 3 nitrogen and oxygen atoms in total. The lowest BCUT2D eigenvalue weighted by molar-refractivity contribution is 0.565. The number of carbonyl (C=O) groups excluding carboxylic acids is 1. The Bertz CT molecular complexity index is 159. The van der Waals surface area contributed by atoms with Crippen LogP contribution in [0.1, 0.15) is 39.0 Å². The Balaban J connectivity index is 3.24. The average molecular weight is 154 g/mol. The van der Waals surface area contributed by atoms with Gasteiger partial charge in [-0.15, -0.1) is 0 Å². The molecular formula is C8H14N2O. The molecule has 0 saturated heterocycles. The van der Waals surface area contributed by atoms with E-state index in [9.17, 15) is 4.79 Å². The Morgan fingerprint density at radius 1 is 1.45 bits per heavy atom. The van der Waals surface area contributed by atoms with Crippen LogP contribution in [0.2, 0.25) is 0 Å². The molecule has 0 unspecified atom stereocenters. The van der Waals surface area contributed by atoms with Crippen LogP contribution >= 0.6 is 0 Å². The van der Waals surface area contributed by atoms with Crippen molar-refractivity contribution in [1.29, 1.82) is 5.41 Å². The summed E-state index contributed by atoms with van der Waals surface area (Å²) in [7, 11) is 0. The van der Waals surface area contributed by atoms with Gasteiger partial charge in [-0.2, -0.15) is 4.99 Å². The minimum absolute atomic E-state index is 0.149. The summed E-state index contributed by atoms with van der Waals surface area (Å²) in [5.41, 5.74) is 0. The normalized spacial score (nSPS) is 8.82. The number of hydrogen-bond acceptors (Lipinski definition) is 2. The molecule has 0 saturated carbocycles. The second-order valence-electron chi connectivity index (χ2n) is 2.46.